The molecule has 0 aliphatic carbocycles. The number of carbonyl (C=O) groups is 2. The number of aromatic carboxylic acids is 1. The maximum absolute atomic E-state index is 12.1. The van der Waals surface area contributed by atoms with E-state index < -0.39 is 17.4 Å². The van der Waals surface area contributed by atoms with E-state index in [2.05, 4.69) is 5.32 Å². The van der Waals surface area contributed by atoms with Gasteiger partial charge in [-0.3, -0.25) is 9.59 Å². The SMILES string of the molecule is CCOc1ccccc1NC(=O)Cn1cc(C(=O)O)ccc1=O. The number of nitrogens with one attached hydrogen (secondary N) is 1. The van der Waals surface area contributed by atoms with E-state index in [4.69, 9.17) is 9.84 Å². The average Bonchev–Trinajstić information content (AvgIpc) is 2.51. The second-order valence-corrected chi connectivity index (χ2v) is 4.67. The average molecular weight is 316 g/mol. The first-order valence-corrected chi connectivity index (χ1v) is 6.96. The van der Waals surface area contributed by atoms with Gasteiger partial charge >= 0.3 is 5.97 Å². The molecule has 0 spiro atoms. The monoisotopic (exact) mass is 316 g/mol. The Hall–Kier alpha value is -3.09. The Bertz CT molecular complexity index is 782. The highest BCUT2D eigenvalue weighted by Crippen LogP contribution is 2.23. The molecular weight excluding hydrogens is 300 g/mol. The summed E-state index contributed by atoms with van der Waals surface area (Å²) in [5, 5.41) is 11.6. The summed E-state index contributed by atoms with van der Waals surface area (Å²) in [6, 6.07) is 9.24. The van der Waals surface area contributed by atoms with Crippen molar-refractivity contribution in [3.8, 4) is 5.75 Å². The van der Waals surface area contributed by atoms with E-state index in [0.29, 0.717) is 18.0 Å². The van der Waals surface area contributed by atoms with Crippen LogP contribution >= 0.6 is 0 Å². The number of rotatable bonds is 6. The number of carbonyl (C=O) groups excluding carboxylic acids is 1. The van der Waals surface area contributed by atoms with Crippen LogP contribution in [0, 0.1) is 0 Å². The van der Waals surface area contributed by atoms with Crippen molar-refractivity contribution in [2.24, 2.45) is 0 Å². The molecule has 0 unspecified atom stereocenters. The Morgan fingerprint density at radius 2 is 1.96 bits per heavy atom. The van der Waals surface area contributed by atoms with Crippen molar-refractivity contribution in [3.63, 3.8) is 0 Å². The number of nitrogens with zero attached hydrogens (tertiary/aromatic N) is 1. The number of benzene rings is 1. The zero-order valence-electron chi connectivity index (χ0n) is 12.5. The van der Waals surface area contributed by atoms with E-state index in [9.17, 15) is 14.4 Å². The second-order valence-electron chi connectivity index (χ2n) is 4.67. The lowest BCUT2D eigenvalue weighted by atomic mass is 10.2. The van der Waals surface area contributed by atoms with Crippen LogP contribution in [0.4, 0.5) is 5.69 Å². The van der Waals surface area contributed by atoms with Gasteiger partial charge in [-0.05, 0) is 25.1 Å². The van der Waals surface area contributed by atoms with Crippen LogP contribution in [0.5, 0.6) is 5.75 Å². The van der Waals surface area contributed by atoms with Crippen molar-refractivity contribution in [1.29, 1.82) is 0 Å². The number of hydrogen-bond acceptors (Lipinski definition) is 4. The van der Waals surface area contributed by atoms with Gasteiger partial charge in [0.2, 0.25) is 5.91 Å². The molecule has 0 aliphatic rings. The molecule has 1 aromatic heterocycles. The Morgan fingerprint density at radius 3 is 2.65 bits per heavy atom. The van der Waals surface area contributed by atoms with Gasteiger partial charge < -0.3 is 19.7 Å². The topological polar surface area (TPSA) is 97.6 Å². The van der Waals surface area contributed by atoms with Crippen molar-refractivity contribution in [2.75, 3.05) is 11.9 Å². The van der Waals surface area contributed by atoms with Gasteiger partial charge in [0, 0.05) is 12.3 Å². The number of aromatic nitrogens is 1. The van der Waals surface area contributed by atoms with Crippen molar-refractivity contribution >= 4 is 17.6 Å². The van der Waals surface area contributed by atoms with E-state index in [-0.39, 0.29) is 12.1 Å². The van der Waals surface area contributed by atoms with Crippen molar-refractivity contribution in [1.82, 2.24) is 4.57 Å². The third kappa shape index (κ3) is 4.19. The zero-order valence-corrected chi connectivity index (χ0v) is 12.5. The molecule has 7 nitrogen and oxygen atoms in total. The minimum absolute atomic E-state index is 0.0629. The van der Waals surface area contributed by atoms with Crippen LogP contribution in [0.1, 0.15) is 17.3 Å². The number of hydrogen-bond donors (Lipinski definition) is 2. The molecule has 2 N–H and O–H groups in total. The van der Waals surface area contributed by atoms with E-state index in [1.54, 1.807) is 24.3 Å². The number of amides is 1. The number of carboxylic acids is 1. The summed E-state index contributed by atoms with van der Waals surface area (Å²) in [7, 11) is 0. The summed E-state index contributed by atoms with van der Waals surface area (Å²) >= 11 is 0. The quantitative estimate of drug-likeness (QED) is 0.843. The lowest BCUT2D eigenvalue weighted by molar-refractivity contribution is -0.116. The summed E-state index contributed by atoms with van der Waals surface area (Å²) in [5.41, 5.74) is -0.0304. The fourth-order valence-corrected chi connectivity index (χ4v) is 1.98. The first-order chi connectivity index (χ1) is 11.0. The second kappa shape index (κ2) is 7.26. The van der Waals surface area contributed by atoms with Gasteiger partial charge in [0.25, 0.3) is 5.56 Å². The van der Waals surface area contributed by atoms with Gasteiger partial charge in [-0.2, -0.15) is 0 Å². The lowest BCUT2D eigenvalue weighted by Crippen LogP contribution is -2.27. The molecule has 0 fully saturated rings. The van der Waals surface area contributed by atoms with E-state index in [1.807, 2.05) is 6.92 Å². The molecule has 1 amide bonds. The normalized spacial score (nSPS) is 10.1. The highest BCUT2D eigenvalue weighted by molar-refractivity contribution is 5.92. The van der Waals surface area contributed by atoms with Crippen molar-refractivity contribution < 1.29 is 19.4 Å². The molecule has 0 saturated heterocycles. The fraction of sp³-hybridized carbons (Fsp3) is 0.188. The van der Waals surface area contributed by atoms with Crippen LogP contribution in [0.3, 0.4) is 0 Å². The molecule has 2 aromatic rings. The van der Waals surface area contributed by atoms with Gasteiger partial charge in [0.15, 0.2) is 0 Å². The van der Waals surface area contributed by atoms with E-state index in [1.165, 1.54) is 6.07 Å². The third-order valence-electron chi connectivity index (χ3n) is 3.01. The first-order valence-electron chi connectivity index (χ1n) is 6.96. The maximum Gasteiger partial charge on any atom is 0.337 e. The molecular formula is C16H16N2O5. The molecule has 0 aliphatic heterocycles. The molecule has 23 heavy (non-hydrogen) atoms. The molecule has 2 rings (SSSR count). The summed E-state index contributed by atoms with van der Waals surface area (Å²) in [4.78, 5) is 34.7. The van der Waals surface area contributed by atoms with Crippen molar-refractivity contribution in [3.05, 3.63) is 58.5 Å². The van der Waals surface area contributed by atoms with Crippen LogP contribution in [-0.4, -0.2) is 28.2 Å². The van der Waals surface area contributed by atoms with Gasteiger partial charge in [-0.25, -0.2) is 4.79 Å². The molecule has 0 bridgehead atoms. The van der Waals surface area contributed by atoms with Crippen LogP contribution in [0.25, 0.3) is 0 Å². The van der Waals surface area contributed by atoms with Crippen LogP contribution in [0.2, 0.25) is 0 Å². The Morgan fingerprint density at radius 1 is 1.22 bits per heavy atom. The molecule has 1 aromatic carbocycles. The Balaban J connectivity index is 2.16. The number of pyridine rings is 1. The van der Waals surface area contributed by atoms with Gasteiger partial charge in [-0.1, -0.05) is 12.1 Å². The fourth-order valence-electron chi connectivity index (χ4n) is 1.98. The summed E-state index contributed by atoms with van der Waals surface area (Å²) in [6.07, 6.45) is 1.14. The van der Waals surface area contributed by atoms with Crippen LogP contribution < -0.4 is 15.6 Å². The van der Waals surface area contributed by atoms with Crippen LogP contribution in [-0.2, 0) is 11.3 Å². The minimum atomic E-state index is -1.17. The lowest BCUT2D eigenvalue weighted by Gasteiger charge is -2.12. The number of para-hydroxylation sites is 2. The Kier molecular flexibility index (Phi) is 5.14. The third-order valence-corrected chi connectivity index (χ3v) is 3.01. The summed E-state index contributed by atoms with van der Waals surface area (Å²) in [6.45, 7) is 1.99. The molecule has 120 valence electrons. The smallest absolute Gasteiger partial charge is 0.337 e. The number of ether oxygens (including phenoxy) is 1. The summed E-state index contributed by atoms with van der Waals surface area (Å²) in [5.74, 6) is -1.10. The van der Waals surface area contributed by atoms with Crippen molar-refractivity contribution in [2.45, 2.75) is 13.5 Å². The van der Waals surface area contributed by atoms with Gasteiger partial charge in [0.1, 0.15) is 12.3 Å². The number of anilines is 1. The number of carboxylic acid groups (broad SMARTS) is 1. The predicted octanol–water partition coefficient (Wildman–Crippen LogP) is 1.58. The first kappa shape index (κ1) is 16.3. The minimum Gasteiger partial charge on any atom is -0.492 e. The summed E-state index contributed by atoms with van der Waals surface area (Å²) < 4.78 is 6.45. The molecule has 0 radical (unpaired) electrons. The van der Waals surface area contributed by atoms with Gasteiger partial charge in [0.05, 0.1) is 17.9 Å². The highest BCUT2D eigenvalue weighted by Gasteiger charge is 2.11. The standard InChI is InChI=1S/C16H16N2O5/c1-2-23-13-6-4-3-5-12(13)17-14(19)10-18-9-11(16(21)22)7-8-15(18)20/h3-9H,2,10H2,1H3,(H,17,19)(H,21,22). The maximum atomic E-state index is 12.1. The molecule has 0 atom stereocenters. The van der Waals surface area contributed by atoms with Gasteiger partial charge in [-0.15, -0.1) is 0 Å². The predicted molar refractivity (Wildman–Crippen MR) is 83.9 cm³/mol. The molecule has 7 heteroatoms. The van der Waals surface area contributed by atoms with E-state index in [0.717, 1.165) is 16.8 Å². The molecule has 1 heterocycles. The largest absolute Gasteiger partial charge is 0.492 e. The molecule has 0 saturated carbocycles. The highest BCUT2D eigenvalue weighted by atomic mass is 16.5. The zero-order chi connectivity index (χ0) is 16.8. The van der Waals surface area contributed by atoms with E-state index >= 15 is 0 Å². The van der Waals surface area contributed by atoms with Crippen LogP contribution in [0.15, 0.2) is 47.4 Å². The Labute approximate surface area is 132 Å².